The lowest BCUT2D eigenvalue weighted by atomic mass is 10.0. The summed E-state index contributed by atoms with van der Waals surface area (Å²) in [5.41, 5.74) is 1.18. The number of benzene rings is 1. The van der Waals surface area contributed by atoms with Gasteiger partial charge in [0, 0.05) is 11.6 Å². The third-order valence-electron chi connectivity index (χ3n) is 3.14. The van der Waals surface area contributed by atoms with Crippen molar-refractivity contribution in [2.24, 2.45) is 5.92 Å². The Bertz CT molecular complexity index is 631. The minimum absolute atomic E-state index is 0.192. The Kier molecular flexibility index (Phi) is 4.08. The Morgan fingerprint density at radius 1 is 1.30 bits per heavy atom. The van der Waals surface area contributed by atoms with Crippen LogP contribution >= 0.6 is 0 Å². The van der Waals surface area contributed by atoms with E-state index in [1.165, 1.54) is 0 Å². The molecule has 0 saturated carbocycles. The van der Waals surface area contributed by atoms with Crippen molar-refractivity contribution in [3.05, 3.63) is 36.0 Å². The first-order valence-corrected chi connectivity index (χ1v) is 6.59. The van der Waals surface area contributed by atoms with Gasteiger partial charge in [0.1, 0.15) is 6.04 Å². The lowest BCUT2D eigenvalue weighted by molar-refractivity contribution is -0.139. The van der Waals surface area contributed by atoms with Gasteiger partial charge in [-0.3, -0.25) is 4.79 Å². The fourth-order valence-electron chi connectivity index (χ4n) is 2.20. The number of hydrogen-bond donors (Lipinski definition) is 3. The Morgan fingerprint density at radius 3 is 2.70 bits per heavy atom. The lowest BCUT2D eigenvalue weighted by Crippen LogP contribution is -2.41. The van der Waals surface area contributed by atoms with Crippen molar-refractivity contribution in [3.8, 4) is 0 Å². The van der Waals surface area contributed by atoms with Gasteiger partial charge in [0.15, 0.2) is 0 Å². The van der Waals surface area contributed by atoms with Gasteiger partial charge in [-0.15, -0.1) is 0 Å². The van der Waals surface area contributed by atoms with E-state index in [9.17, 15) is 9.59 Å². The molecule has 0 aliphatic carbocycles. The minimum atomic E-state index is -1.01. The molecule has 1 aromatic heterocycles. The topological polar surface area (TPSA) is 82.2 Å². The van der Waals surface area contributed by atoms with Crippen molar-refractivity contribution >= 4 is 22.8 Å². The van der Waals surface area contributed by atoms with E-state index in [0.29, 0.717) is 12.0 Å². The van der Waals surface area contributed by atoms with Crippen molar-refractivity contribution in [2.45, 2.75) is 26.3 Å². The van der Waals surface area contributed by atoms with Gasteiger partial charge in [0.05, 0.1) is 11.1 Å². The van der Waals surface area contributed by atoms with Crippen molar-refractivity contribution in [1.29, 1.82) is 0 Å². The van der Waals surface area contributed by atoms with Crippen LogP contribution in [0.25, 0.3) is 10.9 Å². The zero-order chi connectivity index (χ0) is 14.7. The number of carbonyl (C=O) groups is 2. The van der Waals surface area contributed by atoms with Crippen LogP contribution in [0.4, 0.5) is 0 Å². The SMILES string of the molecule is CC(C)CC(NC(=O)c1cccc2cc[nH]c12)C(=O)O. The number of nitrogens with one attached hydrogen (secondary N) is 2. The number of aliphatic carboxylic acids is 1. The minimum Gasteiger partial charge on any atom is -0.480 e. The number of aromatic nitrogens is 1. The molecule has 1 unspecified atom stereocenters. The highest BCUT2D eigenvalue weighted by molar-refractivity contribution is 6.06. The normalized spacial score (nSPS) is 12.6. The molecule has 3 N–H and O–H groups in total. The molecule has 1 heterocycles. The molecule has 1 amide bonds. The Labute approximate surface area is 117 Å². The molecule has 5 heteroatoms. The fourth-order valence-corrected chi connectivity index (χ4v) is 2.20. The van der Waals surface area contributed by atoms with Crippen LogP contribution < -0.4 is 5.32 Å². The average Bonchev–Trinajstić information content (AvgIpc) is 2.84. The number of carbonyl (C=O) groups excluding carboxylic acids is 1. The van der Waals surface area contributed by atoms with Crippen LogP contribution in [0.15, 0.2) is 30.5 Å². The van der Waals surface area contributed by atoms with E-state index in [2.05, 4.69) is 10.3 Å². The summed E-state index contributed by atoms with van der Waals surface area (Å²) in [6, 6.07) is 6.36. The molecule has 0 radical (unpaired) electrons. The van der Waals surface area contributed by atoms with Gasteiger partial charge in [-0.25, -0.2) is 4.79 Å². The number of hydrogen-bond acceptors (Lipinski definition) is 2. The molecule has 2 aromatic rings. The second-order valence-electron chi connectivity index (χ2n) is 5.24. The highest BCUT2D eigenvalue weighted by Crippen LogP contribution is 2.17. The predicted molar refractivity (Wildman–Crippen MR) is 76.6 cm³/mol. The monoisotopic (exact) mass is 274 g/mol. The molecular weight excluding hydrogens is 256 g/mol. The fraction of sp³-hybridized carbons (Fsp3) is 0.333. The summed E-state index contributed by atoms with van der Waals surface area (Å²) in [5.74, 6) is -1.19. The third kappa shape index (κ3) is 2.99. The van der Waals surface area contributed by atoms with E-state index in [1.54, 1.807) is 18.3 Å². The largest absolute Gasteiger partial charge is 0.480 e. The molecule has 0 saturated heterocycles. The molecule has 5 nitrogen and oxygen atoms in total. The van der Waals surface area contributed by atoms with E-state index in [4.69, 9.17) is 5.11 Å². The van der Waals surface area contributed by atoms with Gasteiger partial charge in [-0.2, -0.15) is 0 Å². The van der Waals surface area contributed by atoms with Crippen molar-refractivity contribution in [2.75, 3.05) is 0 Å². The van der Waals surface area contributed by atoms with E-state index < -0.39 is 12.0 Å². The van der Waals surface area contributed by atoms with E-state index in [1.807, 2.05) is 26.0 Å². The van der Waals surface area contributed by atoms with Gasteiger partial charge < -0.3 is 15.4 Å². The summed E-state index contributed by atoms with van der Waals surface area (Å²) < 4.78 is 0. The number of aromatic amines is 1. The summed E-state index contributed by atoms with van der Waals surface area (Å²) in [7, 11) is 0. The maximum atomic E-state index is 12.3. The summed E-state index contributed by atoms with van der Waals surface area (Å²) >= 11 is 0. The zero-order valence-electron chi connectivity index (χ0n) is 11.5. The molecule has 0 fully saturated rings. The van der Waals surface area contributed by atoms with Crippen LogP contribution in [0.2, 0.25) is 0 Å². The Hall–Kier alpha value is -2.30. The number of fused-ring (bicyclic) bond motifs is 1. The number of rotatable bonds is 5. The summed E-state index contributed by atoms with van der Waals surface area (Å²) in [6.07, 6.45) is 2.16. The number of para-hydroxylation sites is 1. The summed E-state index contributed by atoms with van der Waals surface area (Å²) in [6.45, 7) is 3.85. The highest BCUT2D eigenvalue weighted by atomic mass is 16.4. The quantitative estimate of drug-likeness (QED) is 0.783. The first-order valence-electron chi connectivity index (χ1n) is 6.59. The van der Waals surface area contributed by atoms with E-state index >= 15 is 0 Å². The standard InChI is InChI=1S/C15H18N2O3/c1-9(2)8-12(15(19)20)17-14(18)11-5-3-4-10-6-7-16-13(10)11/h3-7,9,12,16H,8H2,1-2H3,(H,17,18)(H,19,20). The smallest absolute Gasteiger partial charge is 0.326 e. The van der Waals surface area contributed by atoms with Crippen molar-refractivity contribution < 1.29 is 14.7 Å². The second-order valence-corrected chi connectivity index (χ2v) is 5.24. The van der Waals surface area contributed by atoms with E-state index in [0.717, 1.165) is 10.9 Å². The van der Waals surface area contributed by atoms with Crippen LogP contribution in [0, 0.1) is 5.92 Å². The second kappa shape index (κ2) is 5.77. The maximum absolute atomic E-state index is 12.3. The molecule has 20 heavy (non-hydrogen) atoms. The molecule has 0 spiro atoms. The van der Waals surface area contributed by atoms with Crippen molar-refractivity contribution in [1.82, 2.24) is 10.3 Å². The van der Waals surface area contributed by atoms with Gasteiger partial charge >= 0.3 is 5.97 Å². The molecule has 0 bridgehead atoms. The molecular formula is C15H18N2O3. The van der Waals surface area contributed by atoms with Crippen LogP contribution in [0.1, 0.15) is 30.6 Å². The van der Waals surface area contributed by atoms with Crippen LogP contribution in [-0.2, 0) is 4.79 Å². The number of carboxylic acids is 1. The lowest BCUT2D eigenvalue weighted by Gasteiger charge is -2.16. The van der Waals surface area contributed by atoms with Gasteiger partial charge in [-0.1, -0.05) is 26.0 Å². The molecule has 1 aromatic carbocycles. The molecule has 2 rings (SSSR count). The zero-order valence-corrected chi connectivity index (χ0v) is 11.5. The number of H-pyrrole nitrogens is 1. The van der Waals surface area contributed by atoms with Crippen LogP contribution in [0.3, 0.4) is 0 Å². The molecule has 0 aliphatic heterocycles. The number of amides is 1. The molecule has 106 valence electrons. The first-order chi connectivity index (χ1) is 9.49. The predicted octanol–water partition coefficient (Wildman–Crippen LogP) is 2.40. The van der Waals surface area contributed by atoms with Gasteiger partial charge in [0.2, 0.25) is 0 Å². The number of carboxylic acid groups (broad SMARTS) is 1. The summed E-state index contributed by atoms with van der Waals surface area (Å²) in [4.78, 5) is 26.5. The Morgan fingerprint density at radius 2 is 2.05 bits per heavy atom. The van der Waals surface area contributed by atoms with Gasteiger partial charge in [-0.05, 0) is 24.5 Å². The molecule has 0 aliphatic rings. The summed E-state index contributed by atoms with van der Waals surface area (Å²) in [5, 5.41) is 12.7. The first kappa shape index (κ1) is 14.1. The highest BCUT2D eigenvalue weighted by Gasteiger charge is 2.22. The van der Waals surface area contributed by atoms with Crippen molar-refractivity contribution in [3.63, 3.8) is 0 Å². The van der Waals surface area contributed by atoms with Crippen LogP contribution in [-0.4, -0.2) is 28.0 Å². The van der Waals surface area contributed by atoms with Gasteiger partial charge in [0.25, 0.3) is 5.91 Å². The average molecular weight is 274 g/mol. The third-order valence-corrected chi connectivity index (χ3v) is 3.14. The molecule has 1 atom stereocenters. The Balaban J connectivity index is 2.22. The van der Waals surface area contributed by atoms with E-state index in [-0.39, 0.29) is 11.8 Å². The maximum Gasteiger partial charge on any atom is 0.326 e. The van der Waals surface area contributed by atoms with Crippen LogP contribution in [0.5, 0.6) is 0 Å².